The Morgan fingerprint density at radius 3 is 2.64 bits per heavy atom. The molecule has 2 aromatic rings. The van der Waals surface area contributed by atoms with E-state index in [9.17, 15) is 4.79 Å². The summed E-state index contributed by atoms with van der Waals surface area (Å²) in [5.41, 5.74) is 4.10. The molecule has 4 heteroatoms. The summed E-state index contributed by atoms with van der Waals surface area (Å²) in [7, 11) is 3.10. The van der Waals surface area contributed by atoms with Crippen molar-refractivity contribution in [3.05, 3.63) is 71.3 Å². The molecule has 0 spiro atoms. The van der Waals surface area contributed by atoms with Crippen molar-refractivity contribution in [2.45, 2.75) is 18.4 Å². The highest BCUT2D eigenvalue weighted by Gasteiger charge is 2.38. The average molecular weight is 335 g/mol. The van der Waals surface area contributed by atoms with E-state index in [2.05, 4.69) is 23.5 Å². The molecule has 2 aromatic carbocycles. The summed E-state index contributed by atoms with van der Waals surface area (Å²) in [5, 5.41) is 3.69. The van der Waals surface area contributed by atoms with Crippen molar-refractivity contribution in [2.75, 3.05) is 19.5 Å². The number of carbonyl (C=O) groups excluding carboxylic acids is 1. The van der Waals surface area contributed by atoms with E-state index in [0.29, 0.717) is 17.4 Å². The van der Waals surface area contributed by atoms with Gasteiger partial charge in [0.1, 0.15) is 5.75 Å². The van der Waals surface area contributed by atoms with Gasteiger partial charge in [0.2, 0.25) is 0 Å². The second kappa shape index (κ2) is 6.28. The zero-order valence-electron chi connectivity index (χ0n) is 14.4. The molecule has 1 aliphatic carbocycles. The number of nitrogens with one attached hydrogen (secondary N) is 1. The van der Waals surface area contributed by atoms with Crippen LogP contribution in [0.5, 0.6) is 5.75 Å². The molecule has 0 amide bonds. The first-order chi connectivity index (χ1) is 12.2. The van der Waals surface area contributed by atoms with E-state index >= 15 is 0 Å². The van der Waals surface area contributed by atoms with Gasteiger partial charge >= 0.3 is 5.97 Å². The maximum atomic E-state index is 11.7. The molecule has 0 fully saturated rings. The minimum atomic E-state index is -0.310. The molecule has 1 N–H and O–H groups in total. The van der Waals surface area contributed by atoms with Gasteiger partial charge in [-0.15, -0.1) is 0 Å². The van der Waals surface area contributed by atoms with Crippen LogP contribution in [0.3, 0.4) is 0 Å². The Morgan fingerprint density at radius 1 is 1.12 bits per heavy atom. The number of hydrogen-bond acceptors (Lipinski definition) is 4. The number of hydrogen-bond donors (Lipinski definition) is 1. The van der Waals surface area contributed by atoms with E-state index in [1.807, 2.05) is 36.4 Å². The first-order valence-corrected chi connectivity index (χ1v) is 8.51. The third-order valence-electron chi connectivity index (χ3n) is 5.27. The highest BCUT2D eigenvalue weighted by Crippen LogP contribution is 2.52. The van der Waals surface area contributed by atoms with E-state index in [4.69, 9.17) is 9.47 Å². The summed E-state index contributed by atoms with van der Waals surface area (Å²) in [5.74, 6) is 1.41. The van der Waals surface area contributed by atoms with Gasteiger partial charge in [-0.1, -0.05) is 36.4 Å². The standard InChI is InChI=1S/C21H21NO3/c1-24-18-8-4-7-17-15-5-3-6-16(15)19(22-20(17)18)13-9-11-14(12-10-13)21(23)25-2/h3-5,7-12,15-16,19,22H,6H2,1-2H3/t15-,16+,19-/m1/s1. The fraction of sp³-hybridized carbons (Fsp3) is 0.286. The van der Waals surface area contributed by atoms with E-state index in [-0.39, 0.29) is 12.0 Å². The van der Waals surface area contributed by atoms with Gasteiger partial charge < -0.3 is 14.8 Å². The monoisotopic (exact) mass is 335 g/mol. The molecule has 0 aromatic heterocycles. The van der Waals surface area contributed by atoms with Crippen LogP contribution in [0.25, 0.3) is 0 Å². The van der Waals surface area contributed by atoms with Crippen LogP contribution in [-0.4, -0.2) is 20.2 Å². The zero-order chi connectivity index (χ0) is 17.4. The lowest BCUT2D eigenvalue weighted by atomic mass is 9.77. The van der Waals surface area contributed by atoms with Crippen LogP contribution in [0.1, 0.15) is 39.9 Å². The molecule has 4 rings (SSSR count). The maximum Gasteiger partial charge on any atom is 0.337 e. The van der Waals surface area contributed by atoms with Gasteiger partial charge in [0.15, 0.2) is 0 Å². The smallest absolute Gasteiger partial charge is 0.337 e. The Hall–Kier alpha value is -2.75. The van der Waals surface area contributed by atoms with Gasteiger partial charge in [0.05, 0.1) is 31.5 Å². The molecule has 4 nitrogen and oxygen atoms in total. The van der Waals surface area contributed by atoms with Crippen LogP contribution < -0.4 is 10.1 Å². The number of methoxy groups -OCH3 is 2. The first kappa shape index (κ1) is 15.8. The number of ether oxygens (including phenoxy) is 2. The molecule has 2 aliphatic rings. The Bertz CT molecular complexity index is 826. The van der Waals surface area contributed by atoms with Gasteiger partial charge in [-0.2, -0.15) is 0 Å². The van der Waals surface area contributed by atoms with Crippen molar-refractivity contribution in [3.8, 4) is 5.75 Å². The predicted molar refractivity (Wildman–Crippen MR) is 97.1 cm³/mol. The van der Waals surface area contributed by atoms with Gasteiger partial charge in [-0.05, 0) is 41.7 Å². The van der Waals surface area contributed by atoms with Crippen molar-refractivity contribution >= 4 is 11.7 Å². The van der Waals surface area contributed by atoms with Crippen LogP contribution in [0, 0.1) is 5.92 Å². The van der Waals surface area contributed by atoms with E-state index in [1.54, 1.807) is 7.11 Å². The fourth-order valence-electron chi connectivity index (χ4n) is 4.04. The Balaban J connectivity index is 1.72. The third-order valence-corrected chi connectivity index (χ3v) is 5.27. The second-order valence-corrected chi connectivity index (χ2v) is 6.51. The molecule has 128 valence electrons. The van der Waals surface area contributed by atoms with Crippen molar-refractivity contribution in [1.29, 1.82) is 0 Å². The zero-order valence-corrected chi connectivity index (χ0v) is 14.4. The number of para-hydroxylation sites is 1. The number of rotatable bonds is 3. The molecule has 0 unspecified atom stereocenters. The molecule has 25 heavy (non-hydrogen) atoms. The van der Waals surface area contributed by atoms with Crippen molar-refractivity contribution < 1.29 is 14.3 Å². The second-order valence-electron chi connectivity index (χ2n) is 6.51. The summed E-state index contributed by atoms with van der Waals surface area (Å²) < 4.78 is 10.3. The van der Waals surface area contributed by atoms with Gasteiger partial charge in [0.25, 0.3) is 0 Å². The summed E-state index contributed by atoms with van der Waals surface area (Å²) in [6.07, 6.45) is 5.61. The third kappa shape index (κ3) is 2.58. The molecule has 0 saturated heterocycles. The molecular weight excluding hydrogens is 314 g/mol. The topological polar surface area (TPSA) is 47.6 Å². The van der Waals surface area contributed by atoms with Gasteiger partial charge in [0, 0.05) is 5.92 Å². The Labute approximate surface area is 147 Å². The Kier molecular flexibility index (Phi) is 3.96. The van der Waals surface area contributed by atoms with Gasteiger partial charge in [-0.25, -0.2) is 4.79 Å². The summed E-state index contributed by atoms with van der Waals surface area (Å²) in [6.45, 7) is 0. The maximum absolute atomic E-state index is 11.7. The molecule has 1 aliphatic heterocycles. The van der Waals surface area contributed by atoms with Crippen molar-refractivity contribution in [3.63, 3.8) is 0 Å². The minimum Gasteiger partial charge on any atom is -0.495 e. The van der Waals surface area contributed by atoms with Crippen molar-refractivity contribution in [1.82, 2.24) is 0 Å². The number of anilines is 1. The van der Waals surface area contributed by atoms with Crippen LogP contribution in [0.15, 0.2) is 54.6 Å². The summed E-state index contributed by atoms with van der Waals surface area (Å²) >= 11 is 0. The molecule has 3 atom stereocenters. The lowest BCUT2D eigenvalue weighted by Gasteiger charge is -2.38. The molecule has 1 heterocycles. The predicted octanol–water partition coefficient (Wildman–Crippen LogP) is 4.31. The van der Waals surface area contributed by atoms with Gasteiger partial charge in [-0.3, -0.25) is 0 Å². The number of carbonyl (C=O) groups is 1. The molecule has 0 radical (unpaired) electrons. The van der Waals surface area contributed by atoms with Crippen LogP contribution in [0.2, 0.25) is 0 Å². The number of allylic oxidation sites excluding steroid dienone is 2. The van der Waals surface area contributed by atoms with E-state index in [0.717, 1.165) is 17.9 Å². The van der Waals surface area contributed by atoms with E-state index in [1.165, 1.54) is 18.2 Å². The summed E-state index contributed by atoms with van der Waals surface area (Å²) in [6, 6.07) is 14.1. The lowest BCUT2D eigenvalue weighted by Crippen LogP contribution is -2.29. The minimum absolute atomic E-state index is 0.176. The Morgan fingerprint density at radius 2 is 1.92 bits per heavy atom. The number of benzene rings is 2. The molecular formula is C21H21NO3. The SMILES string of the molecule is COC(=O)c1ccc([C@H]2Nc3c(OC)cccc3[C@@H]3C=CC[C@H]23)cc1. The highest BCUT2D eigenvalue weighted by molar-refractivity contribution is 5.89. The first-order valence-electron chi connectivity index (χ1n) is 8.51. The molecule has 0 bridgehead atoms. The normalized spacial score (nSPS) is 23.4. The fourth-order valence-corrected chi connectivity index (χ4v) is 4.04. The summed E-state index contributed by atoms with van der Waals surface area (Å²) in [4.78, 5) is 11.7. The van der Waals surface area contributed by atoms with E-state index < -0.39 is 0 Å². The average Bonchev–Trinajstić information content (AvgIpc) is 3.16. The largest absolute Gasteiger partial charge is 0.495 e. The number of fused-ring (bicyclic) bond motifs is 3. The van der Waals surface area contributed by atoms with Crippen molar-refractivity contribution in [2.24, 2.45) is 5.92 Å². The highest BCUT2D eigenvalue weighted by atomic mass is 16.5. The van der Waals surface area contributed by atoms with Crippen LogP contribution in [0.4, 0.5) is 5.69 Å². The molecule has 0 saturated carbocycles. The quantitative estimate of drug-likeness (QED) is 0.671. The van der Waals surface area contributed by atoms with Crippen LogP contribution >= 0.6 is 0 Å². The number of esters is 1. The van der Waals surface area contributed by atoms with Crippen LogP contribution in [-0.2, 0) is 4.74 Å². The lowest BCUT2D eigenvalue weighted by molar-refractivity contribution is 0.0600.